The Bertz CT molecular complexity index is 238. The summed E-state index contributed by atoms with van der Waals surface area (Å²) >= 11 is 0. The highest BCUT2D eigenvalue weighted by atomic mass is 16.6. The maximum Gasteiger partial charge on any atom is 0.273 e. The third-order valence-electron chi connectivity index (χ3n) is 2.99. The molecule has 0 aromatic heterocycles. The van der Waals surface area contributed by atoms with E-state index in [1.54, 1.807) is 13.8 Å². The summed E-state index contributed by atoms with van der Waals surface area (Å²) in [5.41, 5.74) is 0. The first-order chi connectivity index (χ1) is 7.45. The highest BCUT2D eigenvalue weighted by molar-refractivity contribution is 5.84. The number of carbonyl (C=O) groups is 1. The van der Waals surface area contributed by atoms with Gasteiger partial charge in [-0.3, -0.25) is 14.9 Å². The summed E-state index contributed by atoms with van der Waals surface area (Å²) in [7, 11) is 0. The van der Waals surface area contributed by atoms with Crippen LogP contribution < -0.4 is 0 Å². The van der Waals surface area contributed by atoms with Crippen molar-refractivity contribution in [3.05, 3.63) is 10.1 Å². The molecule has 94 valence electrons. The molecule has 2 unspecified atom stereocenters. The molecule has 0 amide bonds. The van der Waals surface area contributed by atoms with Gasteiger partial charge in [0.1, 0.15) is 0 Å². The number of ketones is 1. The van der Waals surface area contributed by atoms with Crippen LogP contribution in [0.4, 0.5) is 0 Å². The topological polar surface area (TPSA) is 60.2 Å². The number of carbonyl (C=O) groups excluding carboxylic acids is 1. The summed E-state index contributed by atoms with van der Waals surface area (Å²) < 4.78 is 0. The maximum atomic E-state index is 11.8. The van der Waals surface area contributed by atoms with Crippen molar-refractivity contribution in [2.45, 2.75) is 59.4 Å². The van der Waals surface area contributed by atoms with Crippen LogP contribution in [-0.2, 0) is 4.79 Å². The van der Waals surface area contributed by atoms with E-state index in [1.807, 2.05) is 6.92 Å². The lowest BCUT2D eigenvalue weighted by Gasteiger charge is -2.19. The molecular formula is C12H23NO3. The Morgan fingerprint density at radius 1 is 1.31 bits per heavy atom. The molecule has 0 aliphatic heterocycles. The first-order valence-corrected chi connectivity index (χ1v) is 6.12. The smallest absolute Gasteiger partial charge is 0.273 e. The number of hydrogen-bond donors (Lipinski definition) is 0. The molecule has 0 saturated heterocycles. The molecule has 2 atom stereocenters. The summed E-state index contributed by atoms with van der Waals surface area (Å²) in [5, 5.41) is 11.0. The molecule has 0 fully saturated rings. The summed E-state index contributed by atoms with van der Waals surface area (Å²) in [5.74, 6) is -0.594. The Kier molecular flexibility index (Phi) is 6.93. The van der Waals surface area contributed by atoms with E-state index in [4.69, 9.17) is 0 Å². The fourth-order valence-electron chi connectivity index (χ4n) is 1.90. The van der Waals surface area contributed by atoms with Crippen molar-refractivity contribution in [1.29, 1.82) is 0 Å². The van der Waals surface area contributed by atoms with E-state index in [2.05, 4.69) is 6.92 Å². The highest BCUT2D eigenvalue weighted by Gasteiger charge is 2.37. The molecule has 0 aromatic carbocycles. The normalized spacial score (nSPS) is 14.8. The van der Waals surface area contributed by atoms with E-state index in [1.165, 1.54) is 0 Å². The molecule has 4 nitrogen and oxygen atoms in total. The average molecular weight is 229 g/mol. The van der Waals surface area contributed by atoms with Crippen LogP contribution in [-0.4, -0.2) is 16.7 Å². The lowest BCUT2D eigenvalue weighted by molar-refractivity contribution is -0.517. The van der Waals surface area contributed by atoms with Crippen molar-refractivity contribution in [3.8, 4) is 0 Å². The minimum atomic E-state index is -1.00. The highest BCUT2D eigenvalue weighted by Crippen LogP contribution is 2.22. The zero-order chi connectivity index (χ0) is 12.7. The summed E-state index contributed by atoms with van der Waals surface area (Å²) in [6.07, 6.45) is 3.44. The SMILES string of the molecule is CCCCC(CC)C(C(=O)C(C)C)[N+](=O)[O-]. The summed E-state index contributed by atoms with van der Waals surface area (Å²) in [6, 6.07) is -1.00. The average Bonchev–Trinajstić information content (AvgIpc) is 2.22. The van der Waals surface area contributed by atoms with Gasteiger partial charge in [-0.1, -0.05) is 40.5 Å². The number of Topliss-reactive ketones (excluding diaryl/α,β-unsaturated/α-hetero) is 1. The first kappa shape index (κ1) is 15.1. The van der Waals surface area contributed by atoms with Crippen molar-refractivity contribution < 1.29 is 9.72 Å². The molecule has 16 heavy (non-hydrogen) atoms. The fraction of sp³-hybridized carbons (Fsp3) is 0.917. The van der Waals surface area contributed by atoms with Gasteiger partial charge in [0.2, 0.25) is 5.78 Å². The van der Waals surface area contributed by atoms with Crippen molar-refractivity contribution in [2.24, 2.45) is 11.8 Å². The zero-order valence-corrected chi connectivity index (χ0v) is 10.7. The van der Waals surface area contributed by atoms with Crippen molar-refractivity contribution in [2.75, 3.05) is 0 Å². The Labute approximate surface area is 97.6 Å². The molecule has 0 rings (SSSR count). The standard InChI is InChI=1S/C12H23NO3/c1-5-7-8-10(6-2)11(13(15)16)12(14)9(3)4/h9-11H,5-8H2,1-4H3. The van der Waals surface area contributed by atoms with Crippen LogP contribution in [0.25, 0.3) is 0 Å². The molecule has 0 aliphatic rings. The fourth-order valence-corrected chi connectivity index (χ4v) is 1.90. The minimum absolute atomic E-state index is 0.107. The monoisotopic (exact) mass is 229 g/mol. The molecule has 0 bridgehead atoms. The second-order valence-corrected chi connectivity index (χ2v) is 4.60. The van der Waals surface area contributed by atoms with Crippen LogP contribution in [0.1, 0.15) is 53.4 Å². The summed E-state index contributed by atoms with van der Waals surface area (Å²) in [6.45, 7) is 7.43. The maximum absolute atomic E-state index is 11.8. The Morgan fingerprint density at radius 3 is 2.19 bits per heavy atom. The van der Waals surface area contributed by atoms with E-state index >= 15 is 0 Å². The Balaban J connectivity index is 4.72. The van der Waals surface area contributed by atoms with Gasteiger partial charge < -0.3 is 0 Å². The predicted octanol–water partition coefficient (Wildman–Crippen LogP) is 3.07. The molecular weight excluding hydrogens is 206 g/mol. The molecule has 4 heteroatoms. The van der Waals surface area contributed by atoms with Crippen LogP contribution in [0.15, 0.2) is 0 Å². The largest absolute Gasteiger partial charge is 0.292 e. The number of nitrogens with zero attached hydrogens (tertiary/aromatic N) is 1. The van der Waals surface area contributed by atoms with Gasteiger partial charge >= 0.3 is 0 Å². The molecule has 0 N–H and O–H groups in total. The molecule has 0 spiro atoms. The van der Waals surface area contributed by atoms with E-state index in [9.17, 15) is 14.9 Å². The van der Waals surface area contributed by atoms with Crippen LogP contribution in [0.3, 0.4) is 0 Å². The third kappa shape index (κ3) is 4.29. The van der Waals surface area contributed by atoms with Gasteiger partial charge in [-0.05, 0) is 12.8 Å². The molecule has 0 heterocycles. The molecule has 0 aliphatic carbocycles. The quantitative estimate of drug-likeness (QED) is 0.474. The van der Waals surface area contributed by atoms with Crippen LogP contribution in [0, 0.1) is 22.0 Å². The van der Waals surface area contributed by atoms with Gasteiger partial charge in [-0.2, -0.15) is 0 Å². The van der Waals surface area contributed by atoms with E-state index < -0.39 is 11.0 Å². The second kappa shape index (κ2) is 7.36. The second-order valence-electron chi connectivity index (χ2n) is 4.60. The summed E-state index contributed by atoms with van der Waals surface area (Å²) in [4.78, 5) is 22.4. The van der Waals surface area contributed by atoms with Gasteiger partial charge in [-0.15, -0.1) is 0 Å². The third-order valence-corrected chi connectivity index (χ3v) is 2.99. The van der Waals surface area contributed by atoms with Gasteiger partial charge in [0.15, 0.2) is 0 Å². The molecule has 0 radical (unpaired) electrons. The number of hydrogen-bond acceptors (Lipinski definition) is 3. The van der Waals surface area contributed by atoms with Crippen LogP contribution in [0.5, 0.6) is 0 Å². The van der Waals surface area contributed by atoms with Gasteiger partial charge in [0, 0.05) is 16.8 Å². The van der Waals surface area contributed by atoms with Crippen molar-refractivity contribution >= 4 is 5.78 Å². The van der Waals surface area contributed by atoms with Gasteiger partial charge in [0.25, 0.3) is 6.04 Å². The zero-order valence-electron chi connectivity index (χ0n) is 10.7. The van der Waals surface area contributed by atoms with E-state index in [-0.39, 0.29) is 17.6 Å². The Morgan fingerprint density at radius 2 is 1.88 bits per heavy atom. The number of nitro groups is 1. The van der Waals surface area contributed by atoms with Crippen LogP contribution in [0.2, 0.25) is 0 Å². The van der Waals surface area contributed by atoms with E-state index in [0.717, 1.165) is 19.3 Å². The van der Waals surface area contributed by atoms with E-state index in [0.29, 0.717) is 6.42 Å². The Hall–Kier alpha value is -0.930. The first-order valence-electron chi connectivity index (χ1n) is 6.12. The molecule has 0 saturated carbocycles. The predicted molar refractivity (Wildman–Crippen MR) is 63.9 cm³/mol. The van der Waals surface area contributed by atoms with Crippen molar-refractivity contribution in [1.82, 2.24) is 0 Å². The lowest BCUT2D eigenvalue weighted by atomic mass is 9.86. The molecule has 0 aromatic rings. The number of unbranched alkanes of at least 4 members (excludes halogenated alkanes) is 1. The van der Waals surface area contributed by atoms with Gasteiger partial charge in [0.05, 0.1) is 0 Å². The lowest BCUT2D eigenvalue weighted by Crippen LogP contribution is -2.39. The van der Waals surface area contributed by atoms with Crippen molar-refractivity contribution in [3.63, 3.8) is 0 Å². The van der Waals surface area contributed by atoms with Crippen LogP contribution >= 0.6 is 0 Å². The van der Waals surface area contributed by atoms with Gasteiger partial charge in [-0.25, -0.2) is 0 Å². The minimum Gasteiger partial charge on any atom is -0.292 e. The number of rotatable bonds is 8.